The summed E-state index contributed by atoms with van der Waals surface area (Å²) in [7, 11) is 0. The van der Waals surface area contributed by atoms with E-state index in [9.17, 15) is 18.0 Å². The van der Waals surface area contributed by atoms with Gasteiger partial charge in [0, 0.05) is 31.1 Å². The van der Waals surface area contributed by atoms with Crippen molar-refractivity contribution in [1.82, 2.24) is 4.90 Å². The van der Waals surface area contributed by atoms with Crippen LogP contribution in [0.4, 0.5) is 13.2 Å². The Balaban J connectivity index is 1.99. The topological polar surface area (TPSA) is 40.5 Å². The summed E-state index contributed by atoms with van der Waals surface area (Å²) in [6.07, 6.45) is 0.800. The van der Waals surface area contributed by atoms with E-state index in [1.165, 1.54) is 0 Å². The van der Waals surface area contributed by atoms with Gasteiger partial charge in [0.15, 0.2) is 11.6 Å². The van der Waals surface area contributed by atoms with E-state index in [4.69, 9.17) is 5.11 Å². The minimum Gasteiger partial charge on any atom is -0.481 e. The number of likely N-dealkylation sites (tertiary alicyclic amines) is 1. The van der Waals surface area contributed by atoms with E-state index < -0.39 is 23.4 Å². The van der Waals surface area contributed by atoms with Crippen molar-refractivity contribution in [3.63, 3.8) is 0 Å². The number of aliphatic carboxylic acids is 1. The van der Waals surface area contributed by atoms with Crippen molar-refractivity contribution in [2.45, 2.75) is 19.4 Å². The monoisotopic (exact) mass is 273 g/mol. The summed E-state index contributed by atoms with van der Waals surface area (Å²) < 4.78 is 39.3. The fourth-order valence-corrected chi connectivity index (χ4v) is 2.40. The average Bonchev–Trinajstić information content (AvgIpc) is 2.72. The van der Waals surface area contributed by atoms with Gasteiger partial charge in [0.25, 0.3) is 0 Å². The quantitative estimate of drug-likeness (QED) is 0.856. The second kappa shape index (κ2) is 5.61. The standard InChI is InChI=1S/C13H14F3NO2/c14-10-5-12(16)11(15)4-9(10)7-17-2-1-8(6-17)3-13(18)19/h4-5,8H,1-3,6-7H2,(H,18,19). The van der Waals surface area contributed by atoms with Crippen LogP contribution in [-0.2, 0) is 11.3 Å². The number of carbonyl (C=O) groups is 1. The van der Waals surface area contributed by atoms with E-state index in [0.717, 1.165) is 12.5 Å². The van der Waals surface area contributed by atoms with Crippen LogP contribution in [0, 0.1) is 23.4 Å². The third kappa shape index (κ3) is 3.47. The first-order valence-electron chi connectivity index (χ1n) is 6.03. The molecule has 104 valence electrons. The summed E-state index contributed by atoms with van der Waals surface area (Å²) in [5, 5.41) is 8.69. The summed E-state index contributed by atoms with van der Waals surface area (Å²) >= 11 is 0. The van der Waals surface area contributed by atoms with Gasteiger partial charge in [0.1, 0.15) is 5.82 Å². The maximum Gasteiger partial charge on any atom is 0.303 e. The molecule has 1 N–H and O–H groups in total. The molecule has 1 fully saturated rings. The first-order chi connectivity index (χ1) is 8.95. The fraction of sp³-hybridized carbons (Fsp3) is 0.462. The molecule has 1 aromatic rings. The zero-order chi connectivity index (χ0) is 14.0. The number of hydrogen-bond acceptors (Lipinski definition) is 2. The highest BCUT2D eigenvalue weighted by Gasteiger charge is 2.25. The van der Waals surface area contributed by atoms with Gasteiger partial charge in [-0.1, -0.05) is 0 Å². The van der Waals surface area contributed by atoms with Crippen molar-refractivity contribution in [2.24, 2.45) is 5.92 Å². The van der Waals surface area contributed by atoms with Crippen LogP contribution in [0.1, 0.15) is 18.4 Å². The summed E-state index contributed by atoms with van der Waals surface area (Å²) in [5.41, 5.74) is 0.0925. The Bertz CT molecular complexity index is 493. The Morgan fingerprint density at radius 1 is 1.26 bits per heavy atom. The van der Waals surface area contributed by atoms with Crippen LogP contribution in [0.3, 0.4) is 0 Å². The first kappa shape index (κ1) is 13.9. The molecular weight excluding hydrogens is 259 g/mol. The van der Waals surface area contributed by atoms with Crippen LogP contribution in [-0.4, -0.2) is 29.1 Å². The zero-order valence-electron chi connectivity index (χ0n) is 10.2. The minimum atomic E-state index is -1.20. The predicted molar refractivity (Wildman–Crippen MR) is 62.0 cm³/mol. The van der Waals surface area contributed by atoms with Crippen molar-refractivity contribution in [2.75, 3.05) is 13.1 Å². The van der Waals surface area contributed by atoms with Gasteiger partial charge in [-0.05, 0) is 24.9 Å². The number of benzene rings is 1. The van der Waals surface area contributed by atoms with E-state index >= 15 is 0 Å². The van der Waals surface area contributed by atoms with E-state index in [1.54, 1.807) is 0 Å². The molecule has 1 heterocycles. The van der Waals surface area contributed by atoms with E-state index in [2.05, 4.69) is 0 Å². The summed E-state index contributed by atoms with van der Waals surface area (Å²) in [6, 6.07) is 1.39. The lowest BCUT2D eigenvalue weighted by atomic mass is 10.1. The number of hydrogen-bond donors (Lipinski definition) is 1. The largest absolute Gasteiger partial charge is 0.481 e. The second-order valence-corrected chi connectivity index (χ2v) is 4.85. The zero-order valence-corrected chi connectivity index (χ0v) is 10.2. The molecule has 0 aliphatic carbocycles. The Kier molecular flexibility index (Phi) is 4.09. The third-order valence-electron chi connectivity index (χ3n) is 3.32. The van der Waals surface area contributed by atoms with E-state index in [0.29, 0.717) is 19.2 Å². The van der Waals surface area contributed by atoms with Crippen molar-refractivity contribution >= 4 is 5.97 Å². The van der Waals surface area contributed by atoms with Gasteiger partial charge in [-0.25, -0.2) is 13.2 Å². The van der Waals surface area contributed by atoms with Gasteiger partial charge in [-0.3, -0.25) is 9.69 Å². The summed E-state index contributed by atoms with van der Waals surface area (Å²) in [6.45, 7) is 1.33. The molecule has 0 spiro atoms. The molecule has 6 heteroatoms. The van der Waals surface area contributed by atoms with Crippen LogP contribution >= 0.6 is 0 Å². The van der Waals surface area contributed by atoms with Gasteiger partial charge in [-0.2, -0.15) is 0 Å². The Morgan fingerprint density at radius 3 is 2.63 bits per heavy atom. The molecule has 1 aromatic carbocycles. The highest BCUT2D eigenvalue weighted by molar-refractivity contribution is 5.67. The normalized spacial score (nSPS) is 19.8. The molecule has 1 aliphatic heterocycles. The molecule has 3 nitrogen and oxygen atoms in total. The molecule has 1 aliphatic rings. The van der Waals surface area contributed by atoms with Gasteiger partial charge < -0.3 is 5.11 Å². The highest BCUT2D eigenvalue weighted by Crippen LogP contribution is 2.23. The highest BCUT2D eigenvalue weighted by atomic mass is 19.2. The third-order valence-corrected chi connectivity index (χ3v) is 3.32. The van der Waals surface area contributed by atoms with Crippen LogP contribution in [0.15, 0.2) is 12.1 Å². The van der Waals surface area contributed by atoms with Crippen molar-refractivity contribution in [3.05, 3.63) is 35.1 Å². The van der Waals surface area contributed by atoms with Crippen LogP contribution in [0.2, 0.25) is 0 Å². The van der Waals surface area contributed by atoms with E-state index in [1.807, 2.05) is 4.90 Å². The molecule has 1 atom stereocenters. The minimum absolute atomic E-state index is 0.0332. The molecule has 1 saturated heterocycles. The van der Waals surface area contributed by atoms with Crippen molar-refractivity contribution in [3.8, 4) is 0 Å². The van der Waals surface area contributed by atoms with Gasteiger partial charge in [0.2, 0.25) is 0 Å². The SMILES string of the molecule is O=C(O)CC1CCN(Cc2cc(F)c(F)cc2F)C1. The van der Waals surface area contributed by atoms with Gasteiger partial charge in [0.05, 0.1) is 0 Å². The van der Waals surface area contributed by atoms with Gasteiger partial charge >= 0.3 is 5.97 Å². The lowest BCUT2D eigenvalue weighted by Gasteiger charge is -2.16. The molecule has 2 rings (SSSR count). The molecule has 0 saturated carbocycles. The maximum atomic E-state index is 13.5. The van der Waals surface area contributed by atoms with Crippen LogP contribution in [0.25, 0.3) is 0 Å². The summed E-state index contributed by atoms with van der Waals surface area (Å²) in [4.78, 5) is 12.4. The van der Waals surface area contributed by atoms with Crippen LogP contribution in [0.5, 0.6) is 0 Å². The smallest absolute Gasteiger partial charge is 0.303 e. The Morgan fingerprint density at radius 2 is 1.95 bits per heavy atom. The lowest BCUT2D eigenvalue weighted by molar-refractivity contribution is -0.138. The van der Waals surface area contributed by atoms with Crippen molar-refractivity contribution < 1.29 is 23.1 Å². The molecule has 0 amide bonds. The Labute approximate surface area is 108 Å². The number of carboxylic acid groups (broad SMARTS) is 1. The lowest BCUT2D eigenvalue weighted by Crippen LogP contribution is -2.21. The van der Waals surface area contributed by atoms with Crippen molar-refractivity contribution in [1.29, 1.82) is 0 Å². The molecule has 0 aromatic heterocycles. The fourth-order valence-electron chi connectivity index (χ4n) is 2.40. The Hall–Kier alpha value is -1.56. The molecule has 19 heavy (non-hydrogen) atoms. The molecular formula is C13H14F3NO2. The number of rotatable bonds is 4. The predicted octanol–water partition coefficient (Wildman–Crippen LogP) is 2.40. The molecule has 0 radical (unpaired) electrons. The first-order valence-corrected chi connectivity index (χ1v) is 6.03. The summed E-state index contributed by atoms with van der Waals surface area (Å²) in [5.74, 6) is -3.87. The molecule has 1 unspecified atom stereocenters. The van der Waals surface area contributed by atoms with Crippen LogP contribution < -0.4 is 0 Å². The molecule has 0 bridgehead atoms. The number of nitrogens with zero attached hydrogens (tertiary/aromatic N) is 1. The average molecular weight is 273 g/mol. The second-order valence-electron chi connectivity index (χ2n) is 4.85. The number of carboxylic acids is 1. The maximum absolute atomic E-state index is 13.5. The van der Waals surface area contributed by atoms with Gasteiger partial charge in [-0.15, -0.1) is 0 Å². The van der Waals surface area contributed by atoms with E-state index in [-0.39, 0.29) is 24.4 Å². The number of halogens is 3.